The lowest BCUT2D eigenvalue weighted by molar-refractivity contribution is 0.354. The molecule has 1 aliphatic carbocycles. The summed E-state index contributed by atoms with van der Waals surface area (Å²) < 4.78 is 1.21. The monoisotopic (exact) mass is 267 g/mol. The highest BCUT2D eigenvalue weighted by molar-refractivity contribution is 9.10. The summed E-state index contributed by atoms with van der Waals surface area (Å²) in [6.07, 6.45) is 3.77. The summed E-state index contributed by atoms with van der Waals surface area (Å²) in [5.41, 5.74) is 3.07. The summed E-state index contributed by atoms with van der Waals surface area (Å²) in [5, 5.41) is 3.37. The Kier molecular flexibility index (Phi) is 3.47. The molecule has 0 radical (unpaired) electrons. The van der Waals surface area contributed by atoms with Crippen LogP contribution < -0.4 is 5.32 Å². The second kappa shape index (κ2) is 4.67. The molecule has 0 heterocycles. The van der Waals surface area contributed by atoms with Crippen LogP contribution in [0.3, 0.4) is 0 Å². The normalized spacial score (nSPS) is 22.2. The van der Waals surface area contributed by atoms with E-state index in [0.29, 0.717) is 6.04 Å². The molecule has 1 nitrogen and oxygen atoms in total. The van der Waals surface area contributed by atoms with Crippen LogP contribution in [0.25, 0.3) is 0 Å². The van der Waals surface area contributed by atoms with E-state index in [4.69, 9.17) is 0 Å². The SMILES string of the molecule is CNC(C)C1CCc2cc(Br)ccc2C1. The number of hydrogen-bond donors (Lipinski definition) is 1. The number of halogens is 1. The molecule has 0 saturated carbocycles. The van der Waals surface area contributed by atoms with Crippen LogP contribution in [0.1, 0.15) is 24.5 Å². The van der Waals surface area contributed by atoms with Gasteiger partial charge in [0.05, 0.1) is 0 Å². The van der Waals surface area contributed by atoms with Gasteiger partial charge in [0.15, 0.2) is 0 Å². The minimum atomic E-state index is 0.627. The predicted octanol–water partition coefficient (Wildman–Crippen LogP) is 3.16. The van der Waals surface area contributed by atoms with Crippen LogP contribution in [0.5, 0.6) is 0 Å². The molecule has 1 aliphatic rings. The van der Waals surface area contributed by atoms with Gasteiger partial charge in [-0.1, -0.05) is 22.0 Å². The van der Waals surface area contributed by atoms with Crippen LogP contribution in [-0.2, 0) is 12.8 Å². The van der Waals surface area contributed by atoms with Crippen LogP contribution >= 0.6 is 15.9 Å². The molecule has 0 saturated heterocycles. The second-order valence-electron chi connectivity index (χ2n) is 4.49. The third kappa shape index (κ3) is 2.43. The minimum Gasteiger partial charge on any atom is -0.317 e. The fourth-order valence-electron chi connectivity index (χ4n) is 2.41. The van der Waals surface area contributed by atoms with E-state index in [9.17, 15) is 0 Å². The van der Waals surface area contributed by atoms with Gasteiger partial charge < -0.3 is 5.32 Å². The van der Waals surface area contributed by atoms with Crippen LogP contribution in [-0.4, -0.2) is 13.1 Å². The largest absolute Gasteiger partial charge is 0.317 e. The lowest BCUT2D eigenvalue weighted by atomic mass is 9.80. The molecule has 0 fully saturated rings. The molecule has 0 spiro atoms. The van der Waals surface area contributed by atoms with Crippen molar-refractivity contribution in [1.82, 2.24) is 5.32 Å². The van der Waals surface area contributed by atoms with E-state index in [-0.39, 0.29) is 0 Å². The molecule has 2 rings (SSSR count). The quantitative estimate of drug-likeness (QED) is 0.868. The van der Waals surface area contributed by atoms with Crippen molar-refractivity contribution in [3.05, 3.63) is 33.8 Å². The molecule has 1 N–H and O–H groups in total. The molecule has 1 aromatic carbocycles. The average Bonchev–Trinajstić information content (AvgIpc) is 2.27. The number of aryl methyl sites for hydroxylation is 1. The molecule has 15 heavy (non-hydrogen) atoms. The fraction of sp³-hybridized carbons (Fsp3) is 0.538. The molecule has 0 bridgehead atoms. The maximum atomic E-state index is 3.54. The van der Waals surface area contributed by atoms with Gasteiger partial charge in [-0.25, -0.2) is 0 Å². The summed E-state index contributed by atoms with van der Waals surface area (Å²) >= 11 is 3.54. The van der Waals surface area contributed by atoms with Crippen molar-refractivity contribution in [3.63, 3.8) is 0 Å². The van der Waals surface area contributed by atoms with Gasteiger partial charge in [-0.15, -0.1) is 0 Å². The molecule has 0 amide bonds. The Balaban J connectivity index is 2.16. The van der Waals surface area contributed by atoms with Crippen LogP contribution in [0.15, 0.2) is 22.7 Å². The van der Waals surface area contributed by atoms with Crippen molar-refractivity contribution < 1.29 is 0 Å². The minimum absolute atomic E-state index is 0.627. The highest BCUT2D eigenvalue weighted by Crippen LogP contribution is 2.29. The van der Waals surface area contributed by atoms with Gasteiger partial charge in [-0.3, -0.25) is 0 Å². The third-order valence-corrected chi connectivity index (χ3v) is 4.09. The van der Waals surface area contributed by atoms with E-state index >= 15 is 0 Å². The van der Waals surface area contributed by atoms with Crippen LogP contribution in [0.4, 0.5) is 0 Å². The molecule has 1 aromatic rings. The second-order valence-corrected chi connectivity index (χ2v) is 5.41. The van der Waals surface area contributed by atoms with Gasteiger partial charge in [-0.05, 0) is 62.4 Å². The summed E-state index contributed by atoms with van der Waals surface area (Å²) in [6.45, 7) is 2.29. The van der Waals surface area contributed by atoms with Crippen molar-refractivity contribution in [2.75, 3.05) is 7.05 Å². The van der Waals surface area contributed by atoms with Gasteiger partial charge in [0, 0.05) is 10.5 Å². The topological polar surface area (TPSA) is 12.0 Å². The van der Waals surface area contributed by atoms with Gasteiger partial charge >= 0.3 is 0 Å². The van der Waals surface area contributed by atoms with E-state index < -0.39 is 0 Å². The lowest BCUT2D eigenvalue weighted by Crippen LogP contribution is -2.34. The van der Waals surface area contributed by atoms with Gasteiger partial charge in [0.1, 0.15) is 0 Å². The van der Waals surface area contributed by atoms with E-state index in [1.54, 1.807) is 0 Å². The Labute approximate surface area is 100 Å². The van der Waals surface area contributed by atoms with Crippen molar-refractivity contribution in [2.24, 2.45) is 5.92 Å². The molecule has 82 valence electrons. The molecule has 2 atom stereocenters. The van der Waals surface area contributed by atoms with Crippen molar-refractivity contribution in [2.45, 2.75) is 32.2 Å². The summed E-state index contributed by atoms with van der Waals surface area (Å²) in [6, 6.07) is 7.33. The molecular weight excluding hydrogens is 250 g/mol. The summed E-state index contributed by atoms with van der Waals surface area (Å²) in [7, 11) is 2.06. The first-order valence-electron chi connectivity index (χ1n) is 5.65. The van der Waals surface area contributed by atoms with Crippen molar-refractivity contribution in [1.29, 1.82) is 0 Å². The Morgan fingerprint density at radius 1 is 1.40 bits per heavy atom. The van der Waals surface area contributed by atoms with E-state index in [0.717, 1.165) is 5.92 Å². The zero-order valence-electron chi connectivity index (χ0n) is 9.39. The number of fused-ring (bicyclic) bond motifs is 1. The molecule has 0 aromatic heterocycles. The average molecular weight is 268 g/mol. The third-order valence-electron chi connectivity index (χ3n) is 3.60. The molecule has 0 aliphatic heterocycles. The van der Waals surface area contributed by atoms with E-state index in [1.165, 1.54) is 34.9 Å². The fourth-order valence-corrected chi connectivity index (χ4v) is 2.82. The number of hydrogen-bond acceptors (Lipinski definition) is 1. The predicted molar refractivity (Wildman–Crippen MR) is 68.2 cm³/mol. The Morgan fingerprint density at radius 2 is 2.20 bits per heavy atom. The first-order valence-corrected chi connectivity index (χ1v) is 6.44. The van der Waals surface area contributed by atoms with Crippen molar-refractivity contribution >= 4 is 15.9 Å². The Hall–Kier alpha value is -0.340. The number of nitrogens with one attached hydrogen (secondary N) is 1. The van der Waals surface area contributed by atoms with Crippen LogP contribution in [0.2, 0.25) is 0 Å². The summed E-state index contributed by atoms with van der Waals surface area (Å²) in [4.78, 5) is 0. The van der Waals surface area contributed by atoms with Crippen LogP contribution in [0, 0.1) is 5.92 Å². The molecule has 2 unspecified atom stereocenters. The Bertz CT molecular complexity index is 348. The van der Waals surface area contributed by atoms with Gasteiger partial charge in [0.2, 0.25) is 0 Å². The highest BCUT2D eigenvalue weighted by atomic mass is 79.9. The zero-order valence-corrected chi connectivity index (χ0v) is 11.0. The van der Waals surface area contributed by atoms with Gasteiger partial charge in [0.25, 0.3) is 0 Å². The van der Waals surface area contributed by atoms with E-state index in [2.05, 4.69) is 53.4 Å². The maximum absolute atomic E-state index is 3.54. The molecule has 2 heteroatoms. The highest BCUT2D eigenvalue weighted by Gasteiger charge is 2.22. The first-order chi connectivity index (χ1) is 7.20. The maximum Gasteiger partial charge on any atom is 0.0178 e. The van der Waals surface area contributed by atoms with E-state index in [1.807, 2.05) is 0 Å². The molecular formula is C13H18BrN. The standard InChI is InChI=1S/C13H18BrN/c1-9(15-2)10-3-4-12-8-13(14)6-5-11(12)7-10/h5-6,8-10,15H,3-4,7H2,1-2H3. The zero-order chi connectivity index (χ0) is 10.8. The Morgan fingerprint density at radius 3 is 2.93 bits per heavy atom. The van der Waals surface area contributed by atoms with Gasteiger partial charge in [-0.2, -0.15) is 0 Å². The van der Waals surface area contributed by atoms with Crippen molar-refractivity contribution in [3.8, 4) is 0 Å². The number of benzene rings is 1. The number of rotatable bonds is 2. The lowest BCUT2D eigenvalue weighted by Gasteiger charge is -2.29. The smallest absolute Gasteiger partial charge is 0.0178 e. The first kappa shape index (κ1) is 11.2. The summed E-state index contributed by atoms with van der Waals surface area (Å²) in [5.74, 6) is 0.795.